The summed E-state index contributed by atoms with van der Waals surface area (Å²) in [5, 5.41) is 2.83. The summed E-state index contributed by atoms with van der Waals surface area (Å²) >= 11 is 0. The molecule has 0 radical (unpaired) electrons. The highest BCUT2D eigenvalue weighted by Gasteiger charge is 2.35. The van der Waals surface area contributed by atoms with Gasteiger partial charge in [0.15, 0.2) is 11.9 Å². The van der Waals surface area contributed by atoms with Crippen molar-refractivity contribution >= 4 is 34.7 Å². The molecule has 33 heavy (non-hydrogen) atoms. The summed E-state index contributed by atoms with van der Waals surface area (Å²) in [6.07, 6.45) is 1.18. The maximum absolute atomic E-state index is 13.0. The van der Waals surface area contributed by atoms with E-state index in [1.165, 1.54) is 11.2 Å². The van der Waals surface area contributed by atoms with Crippen LogP contribution < -0.4 is 19.9 Å². The number of nitrogens with one attached hydrogen (secondary N) is 1. The van der Waals surface area contributed by atoms with E-state index in [2.05, 4.69) is 5.32 Å². The third kappa shape index (κ3) is 4.59. The maximum Gasteiger partial charge on any atom is 0.268 e. The maximum atomic E-state index is 13.0. The largest absolute Gasteiger partial charge is 0.478 e. The first-order valence-electron chi connectivity index (χ1n) is 10.6. The molecule has 1 aliphatic rings. The van der Waals surface area contributed by atoms with Crippen LogP contribution in [0.2, 0.25) is 0 Å². The average Bonchev–Trinajstić information content (AvgIpc) is 3.35. The summed E-state index contributed by atoms with van der Waals surface area (Å²) in [4.78, 5) is 41.9. The van der Waals surface area contributed by atoms with Crippen molar-refractivity contribution in [2.24, 2.45) is 0 Å². The molecule has 0 spiro atoms. The SMILES string of the molecule is CC[C@@H]1Oc2ccc(C(=O)c3ccco3)cc2N(CC(=O)Nc2ccc(N(C)C)cc2)C1=O. The molecule has 4 rings (SSSR count). The van der Waals surface area contributed by atoms with Crippen LogP contribution in [0.15, 0.2) is 65.3 Å². The van der Waals surface area contributed by atoms with Crippen LogP contribution in [0.5, 0.6) is 5.75 Å². The minimum atomic E-state index is -0.698. The standard InChI is InChI=1S/C25H25N3O5/c1-4-20-25(31)28(15-23(29)26-17-8-10-18(11-9-17)27(2)3)19-14-16(7-12-21(19)33-20)24(30)22-6-5-13-32-22/h5-14,20H,4,15H2,1-3H3,(H,26,29)/t20-/m0/s1. The Morgan fingerprint density at radius 3 is 2.48 bits per heavy atom. The fourth-order valence-electron chi connectivity index (χ4n) is 3.62. The molecule has 0 saturated carbocycles. The Kier molecular flexibility index (Phi) is 6.17. The number of anilines is 3. The highest BCUT2D eigenvalue weighted by atomic mass is 16.5. The molecule has 0 unspecified atom stereocenters. The van der Waals surface area contributed by atoms with Crippen molar-refractivity contribution in [3.63, 3.8) is 0 Å². The molecular weight excluding hydrogens is 422 g/mol. The van der Waals surface area contributed by atoms with E-state index in [-0.39, 0.29) is 29.9 Å². The molecular formula is C25H25N3O5. The quantitative estimate of drug-likeness (QED) is 0.555. The van der Waals surface area contributed by atoms with Gasteiger partial charge in [0.25, 0.3) is 5.91 Å². The summed E-state index contributed by atoms with van der Waals surface area (Å²) in [5.74, 6) is -0.370. The molecule has 1 aliphatic heterocycles. The van der Waals surface area contributed by atoms with Crippen LogP contribution in [0.4, 0.5) is 17.1 Å². The van der Waals surface area contributed by atoms with E-state index >= 15 is 0 Å². The smallest absolute Gasteiger partial charge is 0.268 e. The zero-order chi connectivity index (χ0) is 23.5. The molecule has 0 aliphatic carbocycles. The molecule has 2 amide bonds. The minimum Gasteiger partial charge on any atom is -0.478 e. The van der Waals surface area contributed by atoms with Gasteiger partial charge in [0.2, 0.25) is 11.7 Å². The Bertz CT molecular complexity index is 1170. The van der Waals surface area contributed by atoms with Crippen molar-refractivity contribution in [1.82, 2.24) is 0 Å². The fourth-order valence-corrected chi connectivity index (χ4v) is 3.62. The summed E-state index contributed by atoms with van der Waals surface area (Å²) in [6, 6.07) is 15.4. The van der Waals surface area contributed by atoms with E-state index in [0.29, 0.717) is 29.1 Å². The molecule has 1 N–H and O–H groups in total. The lowest BCUT2D eigenvalue weighted by molar-refractivity contribution is -0.128. The number of carbonyl (C=O) groups excluding carboxylic acids is 3. The van der Waals surface area contributed by atoms with Crippen LogP contribution in [0.25, 0.3) is 0 Å². The Labute approximate surface area is 191 Å². The predicted octanol–water partition coefficient (Wildman–Crippen LogP) is 3.72. The molecule has 2 heterocycles. The number of ether oxygens (including phenoxy) is 1. The monoisotopic (exact) mass is 447 g/mol. The van der Waals surface area contributed by atoms with Gasteiger partial charge in [-0.3, -0.25) is 19.3 Å². The Morgan fingerprint density at radius 1 is 1.09 bits per heavy atom. The van der Waals surface area contributed by atoms with Crippen LogP contribution in [0.1, 0.15) is 29.5 Å². The molecule has 0 bridgehead atoms. The third-order valence-corrected chi connectivity index (χ3v) is 5.41. The molecule has 0 fully saturated rings. The van der Waals surface area contributed by atoms with Crippen LogP contribution in [-0.4, -0.2) is 44.3 Å². The lowest BCUT2D eigenvalue weighted by Crippen LogP contribution is -2.48. The Balaban J connectivity index is 1.58. The molecule has 0 saturated heterocycles. The second kappa shape index (κ2) is 9.20. The Hall–Kier alpha value is -4.07. The van der Waals surface area contributed by atoms with Crippen molar-refractivity contribution in [1.29, 1.82) is 0 Å². The van der Waals surface area contributed by atoms with Gasteiger partial charge in [-0.2, -0.15) is 0 Å². The molecule has 1 aromatic heterocycles. The predicted molar refractivity (Wildman–Crippen MR) is 125 cm³/mol. The van der Waals surface area contributed by atoms with Crippen molar-refractivity contribution < 1.29 is 23.5 Å². The van der Waals surface area contributed by atoms with Gasteiger partial charge < -0.3 is 19.4 Å². The lowest BCUT2D eigenvalue weighted by Gasteiger charge is -2.34. The van der Waals surface area contributed by atoms with E-state index in [1.54, 1.807) is 42.5 Å². The molecule has 8 heteroatoms. The van der Waals surface area contributed by atoms with Gasteiger partial charge in [-0.15, -0.1) is 0 Å². The van der Waals surface area contributed by atoms with Gasteiger partial charge in [-0.25, -0.2) is 0 Å². The average molecular weight is 447 g/mol. The van der Waals surface area contributed by atoms with Gasteiger partial charge in [0.1, 0.15) is 12.3 Å². The van der Waals surface area contributed by atoms with Crippen molar-refractivity contribution in [3.8, 4) is 5.75 Å². The van der Waals surface area contributed by atoms with Crippen LogP contribution in [0.3, 0.4) is 0 Å². The molecule has 8 nitrogen and oxygen atoms in total. The number of amides is 2. The summed E-state index contributed by atoms with van der Waals surface area (Å²) < 4.78 is 11.0. The number of fused-ring (bicyclic) bond motifs is 1. The van der Waals surface area contributed by atoms with E-state index in [9.17, 15) is 14.4 Å². The third-order valence-electron chi connectivity index (χ3n) is 5.41. The minimum absolute atomic E-state index is 0.190. The highest BCUT2D eigenvalue weighted by molar-refractivity contribution is 6.10. The summed E-state index contributed by atoms with van der Waals surface area (Å²) in [6.45, 7) is 1.63. The zero-order valence-electron chi connectivity index (χ0n) is 18.7. The van der Waals surface area contributed by atoms with Crippen LogP contribution in [-0.2, 0) is 9.59 Å². The van der Waals surface area contributed by atoms with E-state index in [0.717, 1.165) is 5.69 Å². The number of ketones is 1. The van der Waals surface area contributed by atoms with E-state index < -0.39 is 6.10 Å². The van der Waals surface area contributed by atoms with Crippen molar-refractivity contribution in [3.05, 3.63) is 72.2 Å². The number of furan rings is 1. The highest BCUT2D eigenvalue weighted by Crippen LogP contribution is 2.36. The number of rotatable bonds is 7. The van der Waals surface area contributed by atoms with Gasteiger partial charge in [-0.1, -0.05) is 6.92 Å². The normalized spacial score (nSPS) is 14.9. The van der Waals surface area contributed by atoms with Gasteiger partial charge in [0, 0.05) is 31.0 Å². The van der Waals surface area contributed by atoms with Crippen molar-refractivity contribution in [2.45, 2.75) is 19.4 Å². The first-order valence-corrected chi connectivity index (χ1v) is 10.6. The summed E-state index contributed by atoms with van der Waals surface area (Å²) in [5.41, 5.74) is 2.34. The number of benzene rings is 2. The van der Waals surface area contributed by atoms with E-state index in [1.807, 2.05) is 38.1 Å². The van der Waals surface area contributed by atoms with E-state index in [4.69, 9.17) is 9.15 Å². The second-order valence-corrected chi connectivity index (χ2v) is 7.92. The molecule has 2 aromatic carbocycles. The number of nitrogens with zero attached hydrogens (tertiary/aromatic N) is 2. The van der Waals surface area contributed by atoms with Crippen LogP contribution in [0, 0.1) is 0 Å². The molecule has 1 atom stereocenters. The molecule has 170 valence electrons. The number of hydrogen-bond acceptors (Lipinski definition) is 6. The fraction of sp³-hybridized carbons (Fsp3) is 0.240. The Morgan fingerprint density at radius 2 is 1.85 bits per heavy atom. The lowest BCUT2D eigenvalue weighted by atomic mass is 10.0. The van der Waals surface area contributed by atoms with Gasteiger partial charge in [0.05, 0.1) is 12.0 Å². The molecule has 3 aromatic rings. The van der Waals surface area contributed by atoms with Crippen LogP contribution >= 0.6 is 0 Å². The van der Waals surface area contributed by atoms with Gasteiger partial charge in [-0.05, 0) is 61.0 Å². The van der Waals surface area contributed by atoms with Crippen molar-refractivity contribution in [2.75, 3.05) is 35.8 Å². The summed E-state index contributed by atoms with van der Waals surface area (Å²) in [7, 11) is 3.87. The first-order chi connectivity index (χ1) is 15.9. The van der Waals surface area contributed by atoms with Gasteiger partial charge >= 0.3 is 0 Å². The number of hydrogen-bond donors (Lipinski definition) is 1. The number of carbonyl (C=O) groups is 3. The first kappa shape index (κ1) is 22.1. The second-order valence-electron chi connectivity index (χ2n) is 7.92. The zero-order valence-corrected chi connectivity index (χ0v) is 18.7. The topological polar surface area (TPSA) is 92.1 Å².